The van der Waals surface area contributed by atoms with Gasteiger partial charge in [-0.2, -0.15) is 13.2 Å². The Kier molecular flexibility index (Phi) is 3.92. The van der Waals surface area contributed by atoms with Crippen molar-refractivity contribution in [2.75, 3.05) is 0 Å². The first kappa shape index (κ1) is 13.4. The maximum Gasteiger partial charge on any atom is 0.389 e. The Morgan fingerprint density at radius 2 is 1.94 bits per heavy atom. The van der Waals surface area contributed by atoms with Crippen LogP contribution in [0, 0.1) is 0 Å². The van der Waals surface area contributed by atoms with Gasteiger partial charge in [0.25, 0.3) is 0 Å². The van der Waals surface area contributed by atoms with Crippen LogP contribution in [0.25, 0.3) is 10.1 Å². The highest BCUT2D eigenvalue weighted by molar-refractivity contribution is 7.19. The molecule has 2 rings (SSSR count). The molecular formula is C13H14F3NS. The van der Waals surface area contributed by atoms with Crippen molar-refractivity contribution >= 4 is 21.4 Å². The minimum Gasteiger partial charge on any atom is -0.323 e. The van der Waals surface area contributed by atoms with Crippen molar-refractivity contribution < 1.29 is 13.2 Å². The first-order chi connectivity index (χ1) is 8.46. The van der Waals surface area contributed by atoms with Crippen molar-refractivity contribution in [3.05, 3.63) is 35.2 Å². The molecule has 18 heavy (non-hydrogen) atoms. The van der Waals surface area contributed by atoms with Crippen LogP contribution in [0.15, 0.2) is 30.3 Å². The van der Waals surface area contributed by atoms with Crippen LogP contribution in [-0.4, -0.2) is 6.18 Å². The molecular weight excluding hydrogens is 259 g/mol. The lowest BCUT2D eigenvalue weighted by molar-refractivity contribution is -0.135. The summed E-state index contributed by atoms with van der Waals surface area (Å²) in [6.07, 6.45) is -4.39. The molecule has 1 heterocycles. The van der Waals surface area contributed by atoms with Gasteiger partial charge in [-0.05, 0) is 30.4 Å². The molecule has 2 N–H and O–H groups in total. The number of halogens is 3. The van der Waals surface area contributed by atoms with Crippen LogP contribution in [-0.2, 0) is 0 Å². The third-order valence-corrected chi connectivity index (χ3v) is 4.03. The molecule has 2 aromatic rings. The summed E-state index contributed by atoms with van der Waals surface area (Å²) in [5.74, 6) is 0. The average molecular weight is 273 g/mol. The Morgan fingerprint density at radius 3 is 2.61 bits per heavy atom. The van der Waals surface area contributed by atoms with E-state index in [1.165, 1.54) is 0 Å². The van der Waals surface area contributed by atoms with Gasteiger partial charge in [0.15, 0.2) is 0 Å². The van der Waals surface area contributed by atoms with Crippen molar-refractivity contribution in [1.82, 2.24) is 0 Å². The average Bonchev–Trinajstić information content (AvgIpc) is 2.70. The minimum atomic E-state index is -4.08. The summed E-state index contributed by atoms with van der Waals surface area (Å²) in [6, 6.07) is 9.53. The number of benzene rings is 1. The van der Waals surface area contributed by atoms with Crippen LogP contribution in [0.2, 0.25) is 0 Å². The lowest BCUT2D eigenvalue weighted by Gasteiger charge is -2.10. The summed E-state index contributed by atoms with van der Waals surface area (Å²) < 4.78 is 37.2. The predicted octanol–water partition coefficient (Wildman–Crippen LogP) is 4.63. The molecule has 0 amide bonds. The van der Waals surface area contributed by atoms with E-state index in [-0.39, 0.29) is 12.5 Å². The van der Waals surface area contributed by atoms with Crippen LogP contribution < -0.4 is 5.73 Å². The largest absolute Gasteiger partial charge is 0.389 e. The van der Waals surface area contributed by atoms with Crippen LogP contribution in [0.3, 0.4) is 0 Å². The fourth-order valence-electron chi connectivity index (χ4n) is 1.85. The molecule has 0 saturated heterocycles. The number of alkyl halides is 3. The van der Waals surface area contributed by atoms with Gasteiger partial charge in [-0.25, -0.2) is 0 Å². The van der Waals surface area contributed by atoms with Gasteiger partial charge in [-0.3, -0.25) is 0 Å². The fraction of sp³-hybridized carbons (Fsp3) is 0.385. The molecule has 5 heteroatoms. The lowest BCUT2D eigenvalue weighted by atomic mass is 10.1. The van der Waals surface area contributed by atoms with Crippen molar-refractivity contribution in [2.45, 2.75) is 31.5 Å². The molecule has 98 valence electrons. The van der Waals surface area contributed by atoms with Crippen LogP contribution in [0.5, 0.6) is 0 Å². The molecule has 0 bridgehead atoms. The van der Waals surface area contributed by atoms with Gasteiger partial charge in [-0.1, -0.05) is 18.2 Å². The topological polar surface area (TPSA) is 26.0 Å². The van der Waals surface area contributed by atoms with Gasteiger partial charge in [-0.15, -0.1) is 11.3 Å². The monoisotopic (exact) mass is 273 g/mol. The summed E-state index contributed by atoms with van der Waals surface area (Å²) in [7, 11) is 0. The zero-order valence-corrected chi connectivity index (χ0v) is 10.5. The second-order valence-corrected chi connectivity index (χ2v) is 5.42. The third kappa shape index (κ3) is 3.46. The van der Waals surface area contributed by atoms with Crippen molar-refractivity contribution in [3.8, 4) is 0 Å². The van der Waals surface area contributed by atoms with Crippen LogP contribution in [0.4, 0.5) is 13.2 Å². The van der Waals surface area contributed by atoms with Gasteiger partial charge in [0.1, 0.15) is 0 Å². The Hall–Kier alpha value is -1.07. The normalized spacial score (nSPS) is 14.0. The fourth-order valence-corrected chi connectivity index (χ4v) is 2.95. The Balaban J connectivity index is 1.98. The van der Waals surface area contributed by atoms with Gasteiger partial charge < -0.3 is 5.73 Å². The van der Waals surface area contributed by atoms with E-state index in [1.54, 1.807) is 11.3 Å². The second-order valence-electron chi connectivity index (χ2n) is 4.30. The SMILES string of the molecule is NC(CCCC(F)(F)F)c1cc2ccccc2s1. The molecule has 1 aromatic carbocycles. The predicted molar refractivity (Wildman–Crippen MR) is 68.7 cm³/mol. The Morgan fingerprint density at radius 1 is 1.22 bits per heavy atom. The number of thiophene rings is 1. The molecule has 0 saturated carbocycles. The summed E-state index contributed by atoms with van der Waals surface area (Å²) in [5, 5.41) is 1.10. The summed E-state index contributed by atoms with van der Waals surface area (Å²) in [4.78, 5) is 0.957. The molecule has 1 unspecified atom stereocenters. The molecule has 0 radical (unpaired) electrons. The van der Waals surface area contributed by atoms with E-state index < -0.39 is 12.6 Å². The van der Waals surface area contributed by atoms with Gasteiger partial charge in [0, 0.05) is 22.0 Å². The Labute approximate surface area is 107 Å². The highest BCUT2D eigenvalue weighted by Gasteiger charge is 2.26. The van der Waals surface area contributed by atoms with Crippen molar-refractivity contribution in [2.24, 2.45) is 5.73 Å². The third-order valence-electron chi connectivity index (χ3n) is 2.79. The number of hydrogen-bond acceptors (Lipinski definition) is 2. The van der Waals surface area contributed by atoms with E-state index in [1.807, 2.05) is 30.3 Å². The van der Waals surface area contributed by atoms with E-state index >= 15 is 0 Å². The zero-order chi connectivity index (χ0) is 13.2. The first-order valence-corrected chi connectivity index (χ1v) is 6.58. The quantitative estimate of drug-likeness (QED) is 0.863. The minimum absolute atomic E-state index is 0.0823. The zero-order valence-electron chi connectivity index (χ0n) is 9.70. The summed E-state index contributed by atoms with van der Waals surface area (Å²) in [6.45, 7) is 0. The number of nitrogens with two attached hydrogens (primary N) is 1. The van der Waals surface area contributed by atoms with Gasteiger partial charge in [0.2, 0.25) is 0 Å². The standard InChI is InChI=1S/C13H14F3NS/c14-13(15,16)7-3-5-10(17)12-8-9-4-1-2-6-11(9)18-12/h1-2,4,6,8,10H,3,5,7,17H2. The number of hydrogen-bond donors (Lipinski definition) is 1. The number of rotatable bonds is 4. The molecule has 0 fully saturated rings. The molecule has 1 atom stereocenters. The molecule has 0 aliphatic heterocycles. The lowest BCUT2D eigenvalue weighted by Crippen LogP contribution is -2.12. The highest BCUT2D eigenvalue weighted by atomic mass is 32.1. The molecule has 0 spiro atoms. The van der Waals surface area contributed by atoms with Gasteiger partial charge in [0.05, 0.1) is 0 Å². The smallest absolute Gasteiger partial charge is 0.323 e. The summed E-state index contributed by atoms with van der Waals surface area (Å²) in [5.41, 5.74) is 5.93. The molecule has 0 aliphatic rings. The maximum absolute atomic E-state index is 12.0. The van der Waals surface area contributed by atoms with E-state index in [4.69, 9.17) is 5.73 Å². The highest BCUT2D eigenvalue weighted by Crippen LogP contribution is 2.32. The second kappa shape index (κ2) is 5.28. The Bertz CT molecular complexity index is 485. The van der Waals surface area contributed by atoms with Crippen LogP contribution >= 0.6 is 11.3 Å². The maximum atomic E-state index is 12.0. The molecule has 1 aromatic heterocycles. The van der Waals surface area contributed by atoms with E-state index in [0.29, 0.717) is 6.42 Å². The van der Waals surface area contributed by atoms with Crippen LogP contribution in [0.1, 0.15) is 30.2 Å². The number of fused-ring (bicyclic) bond motifs is 1. The van der Waals surface area contributed by atoms with Gasteiger partial charge >= 0.3 is 6.18 Å². The molecule has 1 nitrogen and oxygen atoms in total. The molecule has 0 aliphatic carbocycles. The summed E-state index contributed by atoms with van der Waals surface area (Å²) >= 11 is 1.56. The first-order valence-electron chi connectivity index (χ1n) is 5.76. The van der Waals surface area contributed by atoms with E-state index in [0.717, 1.165) is 15.0 Å². The van der Waals surface area contributed by atoms with Crippen molar-refractivity contribution in [3.63, 3.8) is 0 Å². The van der Waals surface area contributed by atoms with Crippen molar-refractivity contribution in [1.29, 1.82) is 0 Å². The van der Waals surface area contributed by atoms with E-state index in [9.17, 15) is 13.2 Å². The van der Waals surface area contributed by atoms with E-state index in [2.05, 4.69) is 0 Å².